The largest absolute Gasteiger partial charge is 0.397 e. The van der Waals surface area contributed by atoms with E-state index in [1.54, 1.807) is 13.0 Å². The average Bonchev–Trinajstić information content (AvgIpc) is 2.37. The molecule has 1 unspecified atom stereocenters. The topological polar surface area (TPSA) is 72.2 Å². The third kappa shape index (κ3) is 3.52. The number of hydrogen-bond donors (Lipinski definition) is 2. The van der Waals surface area contributed by atoms with Gasteiger partial charge in [-0.3, -0.25) is 0 Å². The summed E-state index contributed by atoms with van der Waals surface area (Å²) in [7, 11) is -3.58. The number of anilines is 1. The molecule has 21 heavy (non-hydrogen) atoms. The minimum Gasteiger partial charge on any atom is -0.397 e. The van der Waals surface area contributed by atoms with E-state index in [1.807, 2.05) is 0 Å². The summed E-state index contributed by atoms with van der Waals surface area (Å²) in [6.45, 7) is 5.98. The molecule has 0 spiro atoms. The number of nitrogen functional groups attached to an aromatic ring is 1. The van der Waals surface area contributed by atoms with Crippen molar-refractivity contribution in [2.24, 2.45) is 5.41 Å². The number of halogens is 1. The molecule has 0 saturated heterocycles. The van der Waals surface area contributed by atoms with Crippen LogP contribution in [0.4, 0.5) is 5.69 Å². The second-order valence-electron chi connectivity index (χ2n) is 6.55. The van der Waals surface area contributed by atoms with E-state index in [2.05, 4.69) is 18.6 Å². The number of nitrogens with two attached hydrogens (primary N) is 1. The van der Waals surface area contributed by atoms with E-state index in [-0.39, 0.29) is 16.4 Å². The monoisotopic (exact) mass is 330 g/mol. The molecule has 6 heteroatoms. The van der Waals surface area contributed by atoms with Gasteiger partial charge in [0.15, 0.2) is 0 Å². The van der Waals surface area contributed by atoms with Crippen molar-refractivity contribution in [3.63, 3.8) is 0 Å². The Morgan fingerprint density at radius 3 is 2.57 bits per heavy atom. The van der Waals surface area contributed by atoms with Gasteiger partial charge in [-0.2, -0.15) is 0 Å². The fourth-order valence-corrected chi connectivity index (χ4v) is 4.56. The fourth-order valence-electron chi connectivity index (χ4n) is 2.89. The maximum Gasteiger partial charge on any atom is 0.240 e. The Morgan fingerprint density at radius 1 is 1.33 bits per heavy atom. The second-order valence-corrected chi connectivity index (χ2v) is 8.64. The van der Waals surface area contributed by atoms with Crippen molar-refractivity contribution in [1.29, 1.82) is 0 Å². The van der Waals surface area contributed by atoms with Crippen molar-refractivity contribution in [3.8, 4) is 0 Å². The van der Waals surface area contributed by atoms with Gasteiger partial charge < -0.3 is 5.73 Å². The highest BCUT2D eigenvalue weighted by atomic mass is 35.5. The van der Waals surface area contributed by atoms with Gasteiger partial charge in [0.2, 0.25) is 10.0 Å². The van der Waals surface area contributed by atoms with Gasteiger partial charge in [-0.1, -0.05) is 38.3 Å². The van der Waals surface area contributed by atoms with E-state index >= 15 is 0 Å². The van der Waals surface area contributed by atoms with Crippen LogP contribution in [0.3, 0.4) is 0 Å². The van der Waals surface area contributed by atoms with E-state index in [1.165, 1.54) is 6.07 Å². The highest BCUT2D eigenvalue weighted by molar-refractivity contribution is 7.89. The molecule has 0 aliphatic heterocycles. The number of benzene rings is 1. The van der Waals surface area contributed by atoms with Gasteiger partial charge >= 0.3 is 0 Å². The Hall–Kier alpha value is -0.780. The minimum absolute atomic E-state index is 0.0294. The lowest BCUT2D eigenvalue weighted by molar-refractivity contribution is 0.188. The Morgan fingerprint density at radius 2 is 2.00 bits per heavy atom. The summed E-state index contributed by atoms with van der Waals surface area (Å²) >= 11 is 6.00. The second kappa shape index (κ2) is 5.78. The smallest absolute Gasteiger partial charge is 0.240 e. The van der Waals surface area contributed by atoms with Gasteiger partial charge in [-0.05, 0) is 42.9 Å². The van der Waals surface area contributed by atoms with Crippen LogP contribution in [0, 0.1) is 12.3 Å². The number of nitrogens with one attached hydrogen (secondary N) is 1. The first-order valence-electron chi connectivity index (χ1n) is 7.21. The van der Waals surface area contributed by atoms with Crippen LogP contribution in [0.5, 0.6) is 0 Å². The third-order valence-corrected chi connectivity index (χ3v) is 6.34. The van der Waals surface area contributed by atoms with Gasteiger partial charge in [0.25, 0.3) is 0 Å². The standard InChI is InChI=1S/C15H23ClN2O2S/c1-10-8-11(9-12(17)14(10)16)21(19,20)18-13-6-4-5-7-15(13,2)3/h8-9,13,18H,4-7,17H2,1-3H3. The van der Waals surface area contributed by atoms with Gasteiger partial charge in [0, 0.05) is 6.04 Å². The van der Waals surface area contributed by atoms with Gasteiger partial charge in [0.1, 0.15) is 0 Å². The molecular weight excluding hydrogens is 308 g/mol. The van der Waals surface area contributed by atoms with Crippen LogP contribution < -0.4 is 10.5 Å². The van der Waals surface area contributed by atoms with Crippen molar-refractivity contribution in [2.45, 2.75) is 57.4 Å². The third-order valence-electron chi connectivity index (χ3n) is 4.37. The molecule has 1 saturated carbocycles. The molecule has 2 rings (SSSR count). The molecule has 1 aromatic carbocycles. The van der Waals surface area contributed by atoms with E-state index in [0.717, 1.165) is 25.7 Å². The van der Waals surface area contributed by atoms with Crippen LogP contribution in [-0.2, 0) is 10.0 Å². The quantitative estimate of drug-likeness (QED) is 0.833. The molecule has 0 aromatic heterocycles. The SMILES string of the molecule is Cc1cc(S(=O)(=O)NC2CCCCC2(C)C)cc(N)c1Cl. The Balaban J connectivity index is 2.30. The Bertz CT molecular complexity index is 618. The summed E-state index contributed by atoms with van der Waals surface area (Å²) in [5.74, 6) is 0. The van der Waals surface area contributed by atoms with Crippen LogP contribution in [0.25, 0.3) is 0 Å². The molecule has 1 aliphatic rings. The van der Waals surface area contributed by atoms with Crippen molar-refractivity contribution >= 4 is 27.3 Å². The molecule has 4 nitrogen and oxygen atoms in total. The molecule has 118 valence electrons. The summed E-state index contributed by atoms with van der Waals surface area (Å²) in [5, 5.41) is 0.409. The lowest BCUT2D eigenvalue weighted by atomic mass is 9.74. The molecule has 0 bridgehead atoms. The summed E-state index contributed by atoms with van der Waals surface area (Å²) in [5.41, 5.74) is 6.71. The van der Waals surface area contributed by atoms with Crippen molar-refractivity contribution in [3.05, 3.63) is 22.7 Å². The van der Waals surface area contributed by atoms with Gasteiger partial charge in [-0.15, -0.1) is 0 Å². The number of rotatable bonds is 3. The van der Waals surface area contributed by atoms with Crippen LogP contribution in [-0.4, -0.2) is 14.5 Å². The highest BCUT2D eigenvalue weighted by Crippen LogP contribution is 2.36. The lowest BCUT2D eigenvalue weighted by Crippen LogP contribution is -2.46. The maximum absolute atomic E-state index is 12.6. The molecule has 0 amide bonds. The predicted molar refractivity (Wildman–Crippen MR) is 87.0 cm³/mol. The van der Waals surface area contributed by atoms with Crippen molar-refractivity contribution in [1.82, 2.24) is 4.72 Å². The summed E-state index contributed by atoms with van der Waals surface area (Å²) < 4.78 is 28.0. The van der Waals surface area contributed by atoms with E-state index in [4.69, 9.17) is 17.3 Å². The normalized spacial score (nSPS) is 22.2. The van der Waals surface area contributed by atoms with Crippen molar-refractivity contribution < 1.29 is 8.42 Å². The summed E-state index contributed by atoms with van der Waals surface area (Å²) in [6.07, 6.45) is 4.10. The van der Waals surface area contributed by atoms with Crippen molar-refractivity contribution in [2.75, 3.05) is 5.73 Å². The number of hydrogen-bond acceptors (Lipinski definition) is 3. The zero-order valence-electron chi connectivity index (χ0n) is 12.7. The molecule has 1 fully saturated rings. The Labute approximate surface area is 132 Å². The van der Waals surface area contributed by atoms with Crippen LogP contribution in [0.1, 0.15) is 45.1 Å². The molecular formula is C15H23ClN2O2S. The summed E-state index contributed by atoms with van der Waals surface area (Å²) in [6, 6.07) is 2.94. The highest BCUT2D eigenvalue weighted by Gasteiger charge is 2.35. The molecule has 0 heterocycles. The summed E-state index contributed by atoms with van der Waals surface area (Å²) in [4.78, 5) is 0.184. The first kappa shape index (κ1) is 16.6. The zero-order valence-corrected chi connectivity index (χ0v) is 14.3. The first-order chi connectivity index (χ1) is 9.63. The molecule has 0 radical (unpaired) electrons. The van der Waals surface area contributed by atoms with Crippen LogP contribution in [0.15, 0.2) is 17.0 Å². The number of sulfonamides is 1. The van der Waals surface area contributed by atoms with Gasteiger partial charge in [-0.25, -0.2) is 13.1 Å². The van der Waals surface area contributed by atoms with Crippen LogP contribution in [0.2, 0.25) is 5.02 Å². The molecule has 3 N–H and O–H groups in total. The van der Waals surface area contributed by atoms with Gasteiger partial charge in [0.05, 0.1) is 15.6 Å². The molecule has 1 aromatic rings. The maximum atomic E-state index is 12.6. The first-order valence-corrected chi connectivity index (χ1v) is 9.07. The molecule has 1 aliphatic carbocycles. The van der Waals surface area contributed by atoms with E-state index < -0.39 is 10.0 Å². The van der Waals surface area contributed by atoms with E-state index in [9.17, 15) is 8.42 Å². The number of aryl methyl sites for hydroxylation is 1. The molecule has 1 atom stereocenters. The minimum atomic E-state index is -3.58. The van der Waals surface area contributed by atoms with Crippen LogP contribution >= 0.6 is 11.6 Å². The lowest BCUT2D eigenvalue weighted by Gasteiger charge is -2.38. The Kier molecular flexibility index (Phi) is 4.57. The fraction of sp³-hybridized carbons (Fsp3) is 0.600. The predicted octanol–water partition coefficient (Wildman–Crippen LogP) is 3.48. The average molecular weight is 331 g/mol. The zero-order chi connectivity index (χ0) is 15.8. The van der Waals surface area contributed by atoms with E-state index in [0.29, 0.717) is 16.3 Å².